The van der Waals surface area contributed by atoms with Crippen molar-refractivity contribution in [3.8, 4) is 17.0 Å². The molecule has 2 heterocycles. The molecule has 0 saturated heterocycles. The number of aromatic amines is 2. The molecule has 0 unspecified atom stereocenters. The minimum absolute atomic E-state index is 0.104. The summed E-state index contributed by atoms with van der Waals surface area (Å²) < 4.78 is 13.5. The summed E-state index contributed by atoms with van der Waals surface area (Å²) in [4.78, 5) is 19.3. The molecule has 2 aromatic carbocycles. The van der Waals surface area contributed by atoms with Crippen molar-refractivity contribution in [3.63, 3.8) is 0 Å². The van der Waals surface area contributed by atoms with Crippen molar-refractivity contribution in [2.45, 2.75) is 6.54 Å². The van der Waals surface area contributed by atoms with Crippen LogP contribution >= 0.6 is 0 Å². The fourth-order valence-corrected chi connectivity index (χ4v) is 2.74. The number of imidazole rings is 1. The van der Waals surface area contributed by atoms with Crippen molar-refractivity contribution in [3.05, 3.63) is 66.0 Å². The van der Waals surface area contributed by atoms with Gasteiger partial charge < -0.3 is 15.4 Å². The van der Waals surface area contributed by atoms with Crippen LogP contribution in [0.15, 0.2) is 48.9 Å². The number of amides is 1. The molecule has 0 spiro atoms. The van der Waals surface area contributed by atoms with Crippen molar-refractivity contribution in [2.24, 2.45) is 0 Å². The molecular weight excluding hydrogens is 337 g/mol. The molecule has 0 atom stereocenters. The standard InChI is InChI=1S/C18H14FN5O2/c19-11-3-1-2-10(4-11)17-13-5-14(16(25)6-15(13)23-24-17)18(26)21-8-12-7-20-9-22-12/h1-7,9,25H,8H2,(H,20,22)(H,21,26)(H,23,24). The van der Waals surface area contributed by atoms with E-state index in [-0.39, 0.29) is 23.7 Å². The smallest absolute Gasteiger partial charge is 0.255 e. The number of halogens is 1. The van der Waals surface area contributed by atoms with Gasteiger partial charge in [0, 0.05) is 23.2 Å². The van der Waals surface area contributed by atoms with E-state index in [1.807, 2.05) is 0 Å². The number of aromatic hydroxyl groups is 1. The highest BCUT2D eigenvalue weighted by atomic mass is 19.1. The highest BCUT2D eigenvalue weighted by Crippen LogP contribution is 2.31. The van der Waals surface area contributed by atoms with Crippen LogP contribution in [-0.4, -0.2) is 31.2 Å². The fourth-order valence-electron chi connectivity index (χ4n) is 2.74. The molecule has 0 aliphatic carbocycles. The maximum atomic E-state index is 13.5. The summed E-state index contributed by atoms with van der Waals surface area (Å²) in [5, 5.41) is 20.5. The Bertz CT molecular complexity index is 1090. The molecular formula is C18H14FN5O2. The molecule has 7 nitrogen and oxygen atoms in total. The lowest BCUT2D eigenvalue weighted by Crippen LogP contribution is -2.23. The number of nitrogens with zero attached hydrogens (tertiary/aromatic N) is 2. The van der Waals surface area contributed by atoms with Gasteiger partial charge in [0.1, 0.15) is 17.3 Å². The second-order valence-corrected chi connectivity index (χ2v) is 5.74. The Hall–Kier alpha value is -3.68. The normalized spacial score (nSPS) is 11.0. The average molecular weight is 351 g/mol. The van der Waals surface area contributed by atoms with E-state index in [1.54, 1.807) is 18.3 Å². The molecule has 4 aromatic rings. The topological polar surface area (TPSA) is 107 Å². The number of rotatable bonds is 4. The van der Waals surface area contributed by atoms with Gasteiger partial charge >= 0.3 is 0 Å². The molecule has 0 radical (unpaired) electrons. The minimum atomic E-state index is -0.446. The lowest BCUT2D eigenvalue weighted by molar-refractivity contribution is 0.0948. The van der Waals surface area contributed by atoms with Crippen LogP contribution in [0.1, 0.15) is 16.1 Å². The number of hydrogen-bond donors (Lipinski definition) is 4. The number of fused-ring (bicyclic) bond motifs is 1. The van der Waals surface area contributed by atoms with Gasteiger partial charge in [-0.25, -0.2) is 9.37 Å². The lowest BCUT2D eigenvalue weighted by atomic mass is 10.0. The maximum Gasteiger partial charge on any atom is 0.255 e. The third-order valence-electron chi connectivity index (χ3n) is 4.01. The zero-order chi connectivity index (χ0) is 18.1. The predicted molar refractivity (Wildman–Crippen MR) is 92.9 cm³/mol. The number of aromatic nitrogens is 4. The Balaban J connectivity index is 1.70. The summed E-state index contributed by atoms with van der Waals surface area (Å²) >= 11 is 0. The first kappa shape index (κ1) is 15.8. The Kier molecular flexibility index (Phi) is 3.85. The van der Waals surface area contributed by atoms with E-state index in [0.717, 1.165) is 0 Å². The average Bonchev–Trinajstić information content (AvgIpc) is 3.28. The van der Waals surface area contributed by atoms with Crippen molar-refractivity contribution < 1.29 is 14.3 Å². The van der Waals surface area contributed by atoms with Crippen LogP contribution in [0, 0.1) is 5.82 Å². The Morgan fingerprint density at radius 1 is 1.27 bits per heavy atom. The molecule has 0 aliphatic rings. The Morgan fingerprint density at radius 2 is 2.15 bits per heavy atom. The minimum Gasteiger partial charge on any atom is -0.507 e. The van der Waals surface area contributed by atoms with Crippen LogP contribution < -0.4 is 5.32 Å². The van der Waals surface area contributed by atoms with Gasteiger partial charge in [0.2, 0.25) is 0 Å². The van der Waals surface area contributed by atoms with E-state index in [2.05, 4.69) is 25.5 Å². The first-order valence-corrected chi connectivity index (χ1v) is 7.84. The highest BCUT2D eigenvalue weighted by Gasteiger charge is 2.17. The van der Waals surface area contributed by atoms with E-state index in [9.17, 15) is 14.3 Å². The molecule has 4 N–H and O–H groups in total. The van der Waals surface area contributed by atoms with Crippen LogP contribution in [0.5, 0.6) is 5.75 Å². The molecule has 4 rings (SSSR count). The first-order valence-electron chi connectivity index (χ1n) is 7.84. The van der Waals surface area contributed by atoms with Crippen LogP contribution in [0.3, 0.4) is 0 Å². The van der Waals surface area contributed by atoms with Crippen molar-refractivity contribution in [2.75, 3.05) is 0 Å². The van der Waals surface area contributed by atoms with E-state index in [0.29, 0.717) is 27.9 Å². The zero-order valence-corrected chi connectivity index (χ0v) is 13.5. The molecule has 0 bridgehead atoms. The number of nitrogens with one attached hydrogen (secondary N) is 3. The summed E-state index contributed by atoms with van der Waals surface area (Å²) in [6, 6.07) is 8.98. The van der Waals surface area contributed by atoms with Gasteiger partial charge in [-0.15, -0.1) is 0 Å². The number of H-pyrrole nitrogens is 2. The summed E-state index contributed by atoms with van der Waals surface area (Å²) in [5.74, 6) is -1.00. The van der Waals surface area contributed by atoms with Gasteiger partial charge in [0.05, 0.1) is 29.6 Å². The molecule has 0 fully saturated rings. The molecule has 2 aromatic heterocycles. The fraction of sp³-hybridized carbons (Fsp3) is 0.0556. The lowest BCUT2D eigenvalue weighted by Gasteiger charge is -2.06. The summed E-state index contributed by atoms with van der Waals surface area (Å²) in [7, 11) is 0. The van der Waals surface area contributed by atoms with Crippen molar-refractivity contribution in [1.29, 1.82) is 0 Å². The van der Waals surface area contributed by atoms with Gasteiger partial charge in [0.25, 0.3) is 5.91 Å². The number of carbonyl (C=O) groups excluding carboxylic acids is 1. The zero-order valence-electron chi connectivity index (χ0n) is 13.5. The van der Waals surface area contributed by atoms with Gasteiger partial charge in [-0.3, -0.25) is 9.89 Å². The number of benzene rings is 2. The maximum absolute atomic E-state index is 13.5. The Labute approximate surface area is 146 Å². The molecule has 0 saturated carbocycles. The number of phenols is 1. The largest absolute Gasteiger partial charge is 0.507 e. The van der Waals surface area contributed by atoms with Crippen molar-refractivity contribution >= 4 is 16.8 Å². The van der Waals surface area contributed by atoms with Crippen LogP contribution in [0.25, 0.3) is 22.2 Å². The SMILES string of the molecule is O=C(NCc1c[nH]cn1)c1cc2c(-c3cccc(F)c3)n[nH]c2cc1O. The number of carbonyl (C=O) groups is 1. The van der Waals surface area contributed by atoms with E-state index in [1.165, 1.54) is 30.6 Å². The highest BCUT2D eigenvalue weighted by molar-refractivity contribution is 6.03. The molecule has 0 aliphatic heterocycles. The van der Waals surface area contributed by atoms with E-state index in [4.69, 9.17) is 0 Å². The third kappa shape index (κ3) is 2.88. The molecule has 26 heavy (non-hydrogen) atoms. The second-order valence-electron chi connectivity index (χ2n) is 5.74. The predicted octanol–water partition coefficient (Wildman–Crippen LogP) is 2.73. The monoisotopic (exact) mass is 351 g/mol. The first-order chi connectivity index (χ1) is 12.6. The molecule has 8 heteroatoms. The number of hydrogen-bond acceptors (Lipinski definition) is 4. The second kappa shape index (κ2) is 6.32. The van der Waals surface area contributed by atoms with Crippen LogP contribution in [0.2, 0.25) is 0 Å². The summed E-state index contributed by atoms with van der Waals surface area (Å²) in [6.07, 6.45) is 3.18. The van der Waals surface area contributed by atoms with E-state index < -0.39 is 5.91 Å². The van der Waals surface area contributed by atoms with Gasteiger partial charge in [-0.1, -0.05) is 12.1 Å². The van der Waals surface area contributed by atoms with Crippen molar-refractivity contribution in [1.82, 2.24) is 25.5 Å². The Morgan fingerprint density at radius 3 is 2.92 bits per heavy atom. The van der Waals surface area contributed by atoms with Crippen LogP contribution in [0.4, 0.5) is 4.39 Å². The van der Waals surface area contributed by atoms with E-state index >= 15 is 0 Å². The third-order valence-corrected chi connectivity index (χ3v) is 4.01. The molecule has 130 valence electrons. The van der Waals surface area contributed by atoms with Crippen LogP contribution in [-0.2, 0) is 6.54 Å². The van der Waals surface area contributed by atoms with Gasteiger partial charge in [-0.2, -0.15) is 5.10 Å². The summed E-state index contributed by atoms with van der Waals surface area (Å²) in [6.45, 7) is 0.224. The number of phenolic OH excluding ortho intramolecular Hbond substituents is 1. The van der Waals surface area contributed by atoms with Gasteiger partial charge in [-0.05, 0) is 18.2 Å². The van der Waals surface area contributed by atoms with Gasteiger partial charge in [0.15, 0.2) is 0 Å². The summed E-state index contributed by atoms with van der Waals surface area (Å²) in [5.41, 5.74) is 2.39. The quantitative estimate of drug-likeness (QED) is 0.453. The molecule has 1 amide bonds.